The third-order valence-electron chi connectivity index (χ3n) is 1.96. The minimum atomic E-state index is 0.850. The van der Waals surface area contributed by atoms with Crippen LogP contribution in [0, 0.1) is 0 Å². The highest BCUT2D eigenvalue weighted by Crippen LogP contribution is 2.31. The van der Waals surface area contributed by atoms with E-state index in [4.69, 9.17) is 0 Å². The van der Waals surface area contributed by atoms with Crippen molar-refractivity contribution in [3.8, 4) is 11.3 Å². The van der Waals surface area contributed by atoms with Crippen LogP contribution in [-0.2, 0) is 0 Å². The lowest BCUT2D eigenvalue weighted by Gasteiger charge is -2.03. The lowest BCUT2D eigenvalue weighted by atomic mass is 10.1. The SMILES string of the molecule is CCNc1nsnc1-c1ccccc1Br. The largest absolute Gasteiger partial charge is 0.368 e. The summed E-state index contributed by atoms with van der Waals surface area (Å²) in [5.41, 5.74) is 1.98. The molecule has 0 aliphatic carbocycles. The van der Waals surface area contributed by atoms with Gasteiger partial charge in [-0.2, -0.15) is 8.75 Å². The van der Waals surface area contributed by atoms with E-state index in [9.17, 15) is 0 Å². The molecule has 0 aliphatic heterocycles. The van der Waals surface area contributed by atoms with E-state index in [1.165, 1.54) is 11.7 Å². The smallest absolute Gasteiger partial charge is 0.168 e. The highest BCUT2D eigenvalue weighted by Gasteiger charge is 2.11. The maximum absolute atomic E-state index is 4.30. The number of halogens is 1. The number of aromatic nitrogens is 2. The van der Waals surface area contributed by atoms with Crippen molar-refractivity contribution in [3.63, 3.8) is 0 Å². The Bertz CT molecular complexity index is 455. The Morgan fingerprint density at radius 2 is 2.13 bits per heavy atom. The van der Waals surface area contributed by atoms with Gasteiger partial charge >= 0.3 is 0 Å². The van der Waals surface area contributed by atoms with Crippen molar-refractivity contribution in [2.75, 3.05) is 11.9 Å². The Morgan fingerprint density at radius 3 is 2.87 bits per heavy atom. The molecule has 1 N–H and O–H groups in total. The first-order valence-electron chi connectivity index (χ1n) is 4.64. The molecule has 0 bridgehead atoms. The molecule has 1 aromatic carbocycles. The third-order valence-corrected chi connectivity index (χ3v) is 3.18. The molecule has 5 heteroatoms. The van der Waals surface area contributed by atoms with E-state index < -0.39 is 0 Å². The van der Waals surface area contributed by atoms with E-state index in [0.717, 1.165) is 28.1 Å². The molecule has 0 spiro atoms. The fourth-order valence-electron chi connectivity index (χ4n) is 1.30. The summed E-state index contributed by atoms with van der Waals surface area (Å²) >= 11 is 4.74. The van der Waals surface area contributed by atoms with Gasteiger partial charge in [-0.25, -0.2) is 0 Å². The van der Waals surface area contributed by atoms with Crippen LogP contribution in [0.5, 0.6) is 0 Å². The van der Waals surface area contributed by atoms with E-state index in [2.05, 4.69) is 30.0 Å². The molecule has 0 saturated carbocycles. The summed E-state index contributed by atoms with van der Waals surface area (Å²) in [5, 5.41) is 3.20. The summed E-state index contributed by atoms with van der Waals surface area (Å²) in [7, 11) is 0. The Kier molecular flexibility index (Phi) is 3.33. The zero-order valence-corrected chi connectivity index (χ0v) is 10.6. The molecule has 0 radical (unpaired) electrons. The maximum atomic E-state index is 4.30. The Hall–Kier alpha value is -0.940. The van der Waals surface area contributed by atoms with Gasteiger partial charge in [-0.15, -0.1) is 0 Å². The summed E-state index contributed by atoms with van der Waals surface area (Å²) in [6.45, 7) is 2.89. The van der Waals surface area contributed by atoms with Gasteiger partial charge in [-0.3, -0.25) is 0 Å². The molecule has 0 unspecified atom stereocenters. The average Bonchev–Trinajstić information content (AvgIpc) is 2.67. The van der Waals surface area contributed by atoms with Crippen molar-refractivity contribution >= 4 is 33.5 Å². The van der Waals surface area contributed by atoms with Crippen molar-refractivity contribution in [1.29, 1.82) is 0 Å². The lowest BCUT2D eigenvalue weighted by Crippen LogP contribution is -1.98. The molecule has 0 aliphatic rings. The number of benzene rings is 1. The first-order valence-corrected chi connectivity index (χ1v) is 6.16. The van der Waals surface area contributed by atoms with Crippen molar-refractivity contribution in [1.82, 2.24) is 8.75 Å². The fourth-order valence-corrected chi connectivity index (χ4v) is 2.31. The summed E-state index contributed by atoms with van der Waals surface area (Å²) in [4.78, 5) is 0. The van der Waals surface area contributed by atoms with Crippen LogP contribution in [0.3, 0.4) is 0 Å². The molecule has 0 saturated heterocycles. The van der Waals surface area contributed by atoms with Crippen molar-refractivity contribution in [3.05, 3.63) is 28.7 Å². The minimum Gasteiger partial charge on any atom is -0.368 e. The number of nitrogens with zero attached hydrogens (tertiary/aromatic N) is 2. The highest BCUT2D eigenvalue weighted by atomic mass is 79.9. The quantitative estimate of drug-likeness (QED) is 0.938. The van der Waals surface area contributed by atoms with E-state index in [-0.39, 0.29) is 0 Å². The summed E-state index contributed by atoms with van der Waals surface area (Å²) in [5.74, 6) is 0.856. The zero-order chi connectivity index (χ0) is 10.7. The van der Waals surface area contributed by atoms with Crippen LogP contribution in [0.15, 0.2) is 28.7 Å². The zero-order valence-electron chi connectivity index (χ0n) is 8.20. The number of anilines is 1. The number of nitrogens with one attached hydrogen (secondary N) is 1. The number of hydrogen-bond acceptors (Lipinski definition) is 4. The van der Waals surface area contributed by atoms with Gasteiger partial charge in [-0.05, 0) is 13.0 Å². The molecule has 15 heavy (non-hydrogen) atoms. The standard InChI is InChI=1S/C10H10BrN3S/c1-2-12-10-9(13-15-14-10)7-5-3-4-6-8(7)11/h3-6H,2H2,1H3,(H,12,14). The molecular weight excluding hydrogens is 274 g/mol. The third kappa shape index (κ3) is 2.18. The molecule has 2 rings (SSSR count). The molecule has 78 valence electrons. The first kappa shape index (κ1) is 10.6. The van der Waals surface area contributed by atoms with Crippen LogP contribution in [0.25, 0.3) is 11.3 Å². The van der Waals surface area contributed by atoms with Gasteiger partial charge in [0.05, 0.1) is 11.7 Å². The van der Waals surface area contributed by atoms with Gasteiger partial charge in [0.25, 0.3) is 0 Å². The van der Waals surface area contributed by atoms with Gasteiger partial charge < -0.3 is 5.32 Å². The van der Waals surface area contributed by atoms with Crippen LogP contribution in [-0.4, -0.2) is 15.3 Å². The second kappa shape index (κ2) is 4.72. The van der Waals surface area contributed by atoms with Gasteiger partial charge in [0, 0.05) is 16.6 Å². The van der Waals surface area contributed by atoms with E-state index in [1.54, 1.807) is 0 Å². The van der Waals surface area contributed by atoms with E-state index >= 15 is 0 Å². The monoisotopic (exact) mass is 283 g/mol. The van der Waals surface area contributed by atoms with Crippen LogP contribution >= 0.6 is 27.7 Å². The molecule has 1 aromatic heterocycles. The maximum Gasteiger partial charge on any atom is 0.168 e. The second-order valence-corrected chi connectivity index (χ2v) is 4.35. The van der Waals surface area contributed by atoms with Gasteiger partial charge in [0.2, 0.25) is 0 Å². The van der Waals surface area contributed by atoms with Crippen molar-refractivity contribution in [2.45, 2.75) is 6.92 Å². The van der Waals surface area contributed by atoms with Crippen LogP contribution in [0.4, 0.5) is 5.82 Å². The number of hydrogen-bond donors (Lipinski definition) is 1. The van der Waals surface area contributed by atoms with Gasteiger partial charge in [0.15, 0.2) is 5.82 Å². The second-order valence-electron chi connectivity index (χ2n) is 2.97. The Morgan fingerprint density at radius 1 is 1.33 bits per heavy atom. The van der Waals surface area contributed by atoms with Crippen LogP contribution in [0.2, 0.25) is 0 Å². The molecule has 3 nitrogen and oxygen atoms in total. The topological polar surface area (TPSA) is 37.8 Å². The fraction of sp³-hybridized carbons (Fsp3) is 0.200. The predicted octanol–water partition coefficient (Wildman–Crippen LogP) is 3.40. The summed E-state index contributed by atoms with van der Waals surface area (Å²) in [6, 6.07) is 8.02. The minimum absolute atomic E-state index is 0.850. The molecule has 0 atom stereocenters. The summed E-state index contributed by atoms with van der Waals surface area (Å²) in [6.07, 6.45) is 0. The Balaban J connectivity index is 2.45. The highest BCUT2D eigenvalue weighted by molar-refractivity contribution is 9.10. The lowest BCUT2D eigenvalue weighted by molar-refractivity contribution is 1.19. The van der Waals surface area contributed by atoms with Crippen LogP contribution in [0.1, 0.15) is 6.92 Å². The molecule has 0 amide bonds. The Labute approximate surface area is 101 Å². The number of rotatable bonds is 3. The van der Waals surface area contributed by atoms with Crippen LogP contribution < -0.4 is 5.32 Å². The van der Waals surface area contributed by atoms with Gasteiger partial charge in [0.1, 0.15) is 5.69 Å². The molecule has 1 heterocycles. The average molecular weight is 284 g/mol. The summed E-state index contributed by atoms with van der Waals surface area (Å²) < 4.78 is 9.56. The van der Waals surface area contributed by atoms with E-state index in [1.807, 2.05) is 31.2 Å². The molecule has 2 aromatic rings. The van der Waals surface area contributed by atoms with Gasteiger partial charge in [-0.1, -0.05) is 34.1 Å². The van der Waals surface area contributed by atoms with E-state index in [0.29, 0.717) is 0 Å². The van der Waals surface area contributed by atoms with Crippen molar-refractivity contribution in [2.24, 2.45) is 0 Å². The molecular formula is C10H10BrN3S. The molecule has 0 fully saturated rings. The van der Waals surface area contributed by atoms with Crippen molar-refractivity contribution < 1.29 is 0 Å². The first-order chi connectivity index (χ1) is 7.33. The normalized spacial score (nSPS) is 10.3. The predicted molar refractivity (Wildman–Crippen MR) is 67.2 cm³/mol.